The standard InChI is InChI=1S/C25H28N2O5/c1-2-16(12-23(28)29)27-24(30)21-11-15(21)13-26-25(31)32-14-22-19-9-5-3-7-17(19)18-8-4-6-10-20(18)22/h3-10,15-16,21-22H,2,11-14H2,1H3,(H,26,31)(H,27,30)(H,28,29)/t15-,16+,21-/m1/s1. The molecule has 0 radical (unpaired) electrons. The molecule has 0 unspecified atom stereocenters. The number of aliphatic carboxylic acids is 1. The van der Waals surface area contributed by atoms with E-state index >= 15 is 0 Å². The van der Waals surface area contributed by atoms with E-state index in [0.29, 0.717) is 19.4 Å². The van der Waals surface area contributed by atoms with E-state index in [1.54, 1.807) is 0 Å². The van der Waals surface area contributed by atoms with Gasteiger partial charge in [0.1, 0.15) is 6.61 Å². The van der Waals surface area contributed by atoms with Crippen molar-refractivity contribution in [3.8, 4) is 11.1 Å². The highest BCUT2D eigenvalue weighted by Gasteiger charge is 2.43. The van der Waals surface area contributed by atoms with Gasteiger partial charge in [-0.2, -0.15) is 0 Å². The first-order chi connectivity index (χ1) is 15.5. The molecule has 0 aliphatic heterocycles. The number of carbonyl (C=O) groups excluding carboxylic acids is 2. The van der Waals surface area contributed by atoms with E-state index in [4.69, 9.17) is 9.84 Å². The van der Waals surface area contributed by atoms with Crippen molar-refractivity contribution in [3.05, 3.63) is 59.7 Å². The van der Waals surface area contributed by atoms with Crippen LogP contribution in [0.2, 0.25) is 0 Å². The SMILES string of the molecule is CC[C@@H](CC(=O)O)NC(=O)[C@@H]1C[C@@H]1CNC(=O)OCC1c2ccccc2-c2ccccc21. The number of fused-ring (bicyclic) bond motifs is 3. The molecule has 0 heterocycles. The zero-order valence-corrected chi connectivity index (χ0v) is 18.0. The monoisotopic (exact) mass is 436 g/mol. The molecule has 1 fully saturated rings. The van der Waals surface area contributed by atoms with Crippen LogP contribution in [-0.2, 0) is 14.3 Å². The van der Waals surface area contributed by atoms with Crippen molar-refractivity contribution in [2.24, 2.45) is 11.8 Å². The van der Waals surface area contributed by atoms with Gasteiger partial charge < -0.3 is 20.5 Å². The Morgan fingerprint density at radius 2 is 1.69 bits per heavy atom. The predicted octanol–water partition coefficient (Wildman–Crippen LogP) is 3.53. The zero-order valence-electron chi connectivity index (χ0n) is 18.0. The normalized spacial score (nSPS) is 19.4. The fourth-order valence-corrected chi connectivity index (χ4v) is 4.47. The van der Waals surface area contributed by atoms with Gasteiger partial charge in [-0.25, -0.2) is 4.79 Å². The fraction of sp³-hybridized carbons (Fsp3) is 0.400. The van der Waals surface area contributed by atoms with Crippen LogP contribution < -0.4 is 10.6 Å². The van der Waals surface area contributed by atoms with Crippen LogP contribution >= 0.6 is 0 Å². The Bertz CT molecular complexity index is 975. The second-order valence-electron chi connectivity index (χ2n) is 8.52. The molecule has 3 atom stereocenters. The number of nitrogens with one attached hydrogen (secondary N) is 2. The van der Waals surface area contributed by atoms with E-state index in [9.17, 15) is 14.4 Å². The van der Waals surface area contributed by atoms with Gasteiger partial charge in [0.15, 0.2) is 0 Å². The molecular formula is C25H28N2O5. The summed E-state index contributed by atoms with van der Waals surface area (Å²) in [6.07, 6.45) is 0.666. The van der Waals surface area contributed by atoms with Crippen molar-refractivity contribution in [2.75, 3.05) is 13.2 Å². The minimum absolute atomic E-state index is 0.00723. The number of amides is 2. The summed E-state index contributed by atoms with van der Waals surface area (Å²) in [5.41, 5.74) is 4.67. The summed E-state index contributed by atoms with van der Waals surface area (Å²) in [6.45, 7) is 2.46. The van der Waals surface area contributed by atoms with E-state index in [-0.39, 0.29) is 42.7 Å². The third-order valence-corrected chi connectivity index (χ3v) is 6.37. The van der Waals surface area contributed by atoms with Crippen molar-refractivity contribution in [1.82, 2.24) is 10.6 Å². The zero-order chi connectivity index (χ0) is 22.7. The van der Waals surface area contributed by atoms with Gasteiger partial charge in [0, 0.05) is 24.4 Å². The van der Waals surface area contributed by atoms with Gasteiger partial charge in [-0.1, -0.05) is 55.5 Å². The van der Waals surface area contributed by atoms with Crippen LogP contribution in [0.25, 0.3) is 11.1 Å². The van der Waals surface area contributed by atoms with Gasteiger partial charge in [-0.3, -0.25) is 9.59 Å². The second kappa shape index (κ2) is 9.42. The Morgan fingerprint density at radius 1 is 1.06 bits per heavy atom. The lowest BCUT2D eigenvalue weighted by atomic mass is 9.98. The summed E-state index contributed by atoms with van der Waals surface area (Å²) in [7, 11) is 0. The number of ether oxygens (including phenoxy) is 1. The molecule has 0 spiro atoms. The molecule has 7 nitrogen and oxygen atoms in total. The van der Waals surface area contributed by atoms with Crippen LogP contribution in [0.15, 0.2) is 48.5 Å². The number of hydrogen-bond acceptors (Lipinski definition) is 4. The molecule has 2 aliphatic rings. The Morgan fingerprint density at radius 3 is 2.28 bits per heavy atom. The van der Waals surface area contributed by atoms with Crippen LogP contribution in [-0.4, -0.2) is 42.3 Å². The molecule has 0 bridgehead atoms. The molecule has 4 rings (SSSR count). The van der Waals surface area contributed by atoms with Gasteiger partial charge in [0.05, 0.1) is 6.42 Å². The number of benzene rings is 2. The third kappa shape index (κ3) is 4.77. The number of rotatable bonds is 9. The van der Waals surface area contributed by atoms with Crippen LogP contribution in [0.3, 0.4) is 0 Å². The highest BCUT2D eigenvalue weighted by atomic mass is 16.5. The lowest BCUT2D eigenvalue weighted by Crippen LogP contribution is -2.38. The van der Waals surface area contributed by atoms with E-state index in [0.717, 1.165) is 11.1 Å². The van der Waals surface area contributed by atoms with Crippen LogP contribution in [0.5, 0.6) is 0 Å². The summed E-state index contributed by atoms with van der Waals surface area (Å²) in [4.78, 5) is 35.4. The highest BCUT2D eigenvalue weighted by molar-refractivity contribution is 5.82. The molecule has 0 saturated heterocycles. The minimum Gasteiger partial charge on any atom is -0.481 e. The topological polar surface area (TPSA) is 105 Å². The average Bonchev–Trinajstić information content (AvgIpc) is 3.51. The number of carboxylic acids is 1. The Balaban J connectivity index is 1.24. The molecule has 32 heavy (non-hydrogen) atoms. The lowest BCUT2D eigenvalue weighted by molar-refractivity contribution is -0.137. The van der Waals surface area contributed by atoms with Gasteiger partial charge >= 0.3 is 12.1 Å². The van der Waals surface area contributed by atoms with E-state index in [1.807, 2.05) is 31.2 Å². The van der Waals surface area contributed by atoms with E-state index in [1.165, 1.54) is 11.1 Å². The maximum atomic E-state index is 12.3. The van der Waals surface area contributed by atoms with Gasteiger partial charge in [-0.05, 0) is 41.0 Å². The van der Waals surface area contributed by atoms with E-state index in [2.05, 4.69) is 34.9 Å². The summed E-state index contributed by atoms with van der Waals surface area (Å²) >= 11 is 0. The first-order valence-corrected chi connectivity index (χ1v) is 11.1. The van der Waals surface area contributed by atoms with Crippen LogP contribution in [0.1, 0.15) is 43.2 Å². The van der Waals surface area contributed by atoms with Crippen molar-refractivity contribution in [3.63, 3.8) is 0 Å². The molecule has 3 N–H and O–H groups in total. The molecular weight excluding hydrogens is 408 g/mol. The van der Waals surface area contributed by atoms with Crippen LogP contribution in [0, 0.1) is 11.8 Å². The molecule has 1 saturated carbocycles. The molecule has 2 aromatic rings. The van der Waals surface area contributed by atoms with E-state index < -0.39 is 12.1 Å². The van der Waals surface area contributed by atoms with Crippen molar-refractivity contribution in [1.29, 1.82) is 0 Å². The second-order valence-corrected chi connectivity index (χ2v) is 8.52. The molecule has 2 aliphatic carbocycles. The fourth-order valence-electron chi connectivity index (χ4n) is 4.47. The largest absolute Gasteiger partial charge is 0.481 e. The van der Waals surface area contributed by atoms with Crippen LogP contribution in [0.4, 0.5) is 4.79 Å². The average molecular weight is 437 g/mol. The Labute approximate surface area is 187 Å². The molecule has 7 heteroatoms. The number of carbonyl (C=O) groups is 3. The minimum atomic E-state index is -0.929. The summed E-state index contributed by atoms with van der Waals surface area (Å²) in [6, 6.07) is 16.0. The van der Waals surface area contributed by atoms with Crippen molar-refractivity contribution in [2.45, 2.75) is 38.1 Å². The van der Waals surface area contributed by atoms with Gasteiger partial charge in [0.2, 0.25) is 5.91 Å². The quantitative estimate of drug-likeness (QED) is 0.558. The molecule has 2 aromatic carbocycles. The van der Waals surface area contributed by atoms with Crippen molar-refractivity contribution < 1.29 is 24.2 Å². The lowest BCUT2D eigenvalue weighted by Gasteiger charge is -2.15. The highest BCUT2D eigenvalue weighted by Crippen LogP contribution is 2.44. The maximum absolute atomic E-state index is 12.3. The van der Waals surface area contributed by atoms with Gasteiger partial charge in [-0.15, -0.1) is 0 Å². The summed E-state index contributed by atoms with van der Waals surface area (Å²) in [5, 5.41) is 14.5. The van der Waals surface area contributed by atoms with Gasteiger partial charge in [0.25, 0.3) is 0 Å². The Hall–Kier alpha value is -3.35. The number of hydrogen-bond donors (Lipinski definition) is 3. The smallest absolute Gasteiger partial charge is 0.407 e. The first kappa shape index (κ1) is 21.9. The summed E-state index contributed by atoms with van der Waals surface area (Å²) < 4.78 is 5.52. The summed E-state index contributed by atoms with van der Waals surface area (Å²) in [5.74, 6) is -1.20. The first-order valence-electron chi connectivity index (χ1n) is 11.1. The number of carboxylic acid groups (broad SMARTS) is 1. The van der Waals surface area contributed by atoms with Crippen molar-refractivity contribution >= 4 is 18.0 Å². The Kier molecular flexibility index (Phi) is 6.44. The number of alkyl carbamates (subject to hydrolysis) is 1. The maximum Gasteiger partial charge on any atom is 0.407 e. The molecule has 168 valence electrons. The third-order valence-electron chi connectivity index (χ3n) is 6.37. The molecule has 2 amide bonds. The molecule has 0 aromatic heterocycles. The predicted molar refractivity (Wildman–Crippen MR) is 119 cm³/mol.